The fourth-order valence-corrected chi connectivity index (χ4v) is 2.71. The highest BCUT2D eigenvalue weighted by atomic mass is 16.5. The molecular weight excluding hydrogens is 318 g/mol. The zero-order chi connectivity index (χ0) is 18.1. The maximum Gasteiger partial charge on any atom is 0.329 e. The van der Waals surface area contributed by atoms with Crippen LogP contribution in [-0.2, 0) is 19.1 Å². The van der Waals surface area contributed by atoms with Crippen molar-refractivity contribution in [2.75, 3.05) is 20.3 Å². The Morgan fingerprint density at radius 3 is 1.92 bits per heavy atom. The third-order valence-corrected chi connectivity index (χ3v) is 3.86. The van der Waals surface area contributed by atoms with E-state index in [2.05, 4.69) is 5.32 Å². The summed E-state index contributed by atoms with van der Waals surface area (Å²) in [4.78, 5) is 24.6. The van der Waals surface area contributed by atoms with Crippen molar-refractivity contribution in [2.45, 2.75) is 18.9 Å². The largest absolute Gasteiger partial charge is 0.467 e. The third kappa shape index (κ3) is 5.16. The van der Waals surface area contributed by atoms with Gasteiger partial charge in [0.15, 0.2) is 0 Å². The van der Waals surface area contributed by atoms with Crippen LogP contribution in [0, 0.1) is 0 Å². The van der Waals surface area contributed by atoms with Crippen molar-refractivity contribution < 1.29 is 19.1 Å². The number of rotatable bonds is 8. The number of benzene rings is 2. The number of hydrogen-bond donors (Lipinski definition) is 1. The molecule has 1 amide bonds. The van der Waals surface area contributed by atoms with Crippen LogP contribution in [-0.4, -0.2) is 38.2 Å². The molecule has 2 aromatic carbocycles. The average Bonchev–Trinajstić information content (AvgIpc) is 2.67. The van der Waals surface area contributed by atoms with Gasteiger partial charge in [-0.2, -0.15) is 0 Å². The smallest absolute Gasteiger partial charge is 0.329 e. The van der Waals surface area contributed by atoms with Gasteiger partial charge in [-0.05, 0) is 18.1 Å². The van der Waals surface area contributed by atoms with E-state index >= 15 is 0 Å². The second-order valence-corrected chi connectivity index (χ2v) is 5.50. The molecule has 0 spiro atoms. The number of carbonyl (C=O) groups excluding carboxylic acids is 2. The van der Waals surface area contributed by atoms with Gasteiger partial charge in [0, 0.05) is 12.5 Å². The maximum atomic E-state index is 12.4. The molecule has 1 atom stereocenters. The summed E-state index contributed by atoms with van der Waals surface area (Å²) in [7, 11) is 1.32. The molecular formula is C20H23NO4. The minimum Gasteiger partial charge on any atom is -0.467 e. The van der Waals surface area contributed by atoms with Crippen molar-refractivity contribution in [2.24, 2.45) is 0 Å². The minimum atomic E-state index is -0.845. The number of hydrogen-bond acceptors (Lipinski definition) is 4. The normalized spacial score (nSPS) is 11.8. The summed E-state index contributed by atoms with van der Waals surface area (Å²) in [6, 6.07) is 18.3. The molecule has 5 nitrogen and oxygen atoms in total. The molecule has 0 aliphatic heterocycles. The van der Waals surface area contributed by atoms with E-state index in [9.17, 15) is 9.59 Å². The summed E-state index contributed by atoms with van der Waals surface area (Å²) in [5.74, 6) is -1.21. The highest BCUT2D eigenvalue weighted by Gasteiger charge is 2.33. The van der Waals surface area contributed by atoms with Crippen molar-refractivity contribution in [3.8, 4) is 0 Å². The molecule has 0 saturated heterocycles. The van der Waals surface area contributed by atoms with Crippen LogP contribution in [0.1, 0.15) is 24.0 Å². The zero-order valence-electron chi connectivity index (χ0n) is 14.5. The molecule has 132 valence electrons. The molecule has 0 bridgehead atoms. The van der Waals surface area contributed by atoms with E-state index in [1.165, 1.54) is 7.11 Å². The fraction of sp³-hybridized carbons (Fsp3) is 0.300. The quantitative estimate of drug-likeness (QED) is 0.750. The second-order valence-electron chi connectivity index (χ2n) is 5.50. The maximum absolute atomic E-state index is 12.4. The van der Waals surface area contributed by atoms with E-state index in [0.29, 0.717) is 6.61 Å². The fourth-order valence-electron chi connectivity index (χ4n) is 2.71. The van der Waals surface area contributed by atoms with Crippen molar-refractivity contribution >= 4 is 11.9 Å². The van der Waals surface area contributed by atoms with Gasteiger partial charge >= 0.3 is 5.97 Å². The first-order chi connectivity index (χ1) is 12.2. The lowest BCUT2D eigenvalue weighted by atomic mass is 9.85. The molecule has 0 heterocycles. The number of nitrogens with one attached hydrogen (secondary N) is 1. The second kappa shape index (κ2) is 9.59. The Balaban J connectivity index is 2.39. The van der Waals surface area contributed by atoms with Gasteiger partial charge in [0.25, 0.3) is 0 Å². The highest BCUT2D eigenvalue weighted by molar-refractivity contribution is 5.86. The van der Waals surface area contributed by atoms with Crippen LogP contribution in [0.5, 0.6) is 0 Å². The van der Waals surface area contributed by atoms with Crippen LogP contribution < -0.4 is 5.32 Å². The van der Waals surface area contributed by atoms with Gasteiger partial charge in [0.05, 0.1) is 7.11 Å². The zero-order valence-corrected chi connectivity index (χ0v) is 14.5. The molecule has 2 rings (SSSR count). The number of methoxy groups -OCH3 is 1. The number of ether oxygens (including phenoxy) is 2. The predicted octanol–water partition coefficient (Wildman–Crippen LogP) is 2.51. The van der Waals surface area contributed by atoms with Gasteiger partial charge in [-0.1, -0.05) is 60.7 Å². The van der Waals surface area contributed by atoms with Gasteiger partial charge in [0.2, 0.25) is 5.91 Å². The SMILES string of the molecule is CCOCC(=O)N[C@@H](C(=O)OC)C(c1ccccc1)c1ccccc1. The van der Waals surface area contributed by atoms with E-state index in [-0.39, 0.29) is 18.4 Å². The summed E-state index contributed by atoms with van der Waals surface area (Å²) < 4.78 is 10.1. The van der Waals surface area contributed by atoms with Gasteiger partial charge in [0.1, 0.15) is 12.6 Å². The first kappa shape index (κ1) is 18.7. The van der Waals surface area contributed by atoms with Crippen LogP contribution in [0.3, 0.4) is 0 Å². The molecule has 0 aliphatic carbocycles. The van der Waals surface area contributed by atoms with E-state index < -0.39 is 12.0 Å². The van der Waals surface area contributed by atoms with Crippen molar-refractivity contribution in [3.05, 3.63) is 71.8 Å². The standard InChI is InChI=1S/C20H23NO4/c1-3-25-14-17(22)21-19(20(23)24-2)18(15-10-6-4-7-11-15)16-12-8-5-9-13-16/h4-13,18-19H,3,14H2,1-2H3,(H,21,22)/t19-/m1/s1. The van der Waals surface area contributed by atoms with Crippen LogP contribution in [0.4, 0.5) is 0 Å². The van der Waals surface area contributed by atoms with Crippen LogP contribution in [0.2, 0.25) is 0 Å². The van der Waals surface area contributed by atoms with Crippen molar-refractivity contribution in [1.82, 2.24) is 5.32 Å². The Kier molecular flexibility index (Phi) is 7.16. The van der Waals surface area contributed by atoms with E-state index in [4.69, 9.17) is 9.47 Å². The Hall–Kier alpha value is -2.66. The number of carbonyl (C=O) groups is 2. The average molecular weight is 341 g/mol. The molecule has 5 heteroatoms. The van der Waals surface area contributed by atoms with E-state index in [1.54, 1.807) is 0 Å². The van der Waals surface area contributed by atoms with Crippen molar-refractivity contribution in [3.63, 3.8) is 0 Å². The van der Waals surface area contributed by atoms with E-state index in [0.717, 1.165) is 11.1 Å². The topological polar surface area (TPSA) is 64.6 Å². The molecule has 1 N–H and O–H groups in total. The van der Waals surface area contributed by atoms with Gasteiger partial charge in [-0.25, -0.2) is 4.79 Å². The first-order valence-electron chi connectivity index (χ1n) is 8.22. The van der Waals surface area contributed by atoms with Crippen LogP contribution >= 0.6 is 0 Å². The van der Waals surface area contributed by atoms with Gasteiger partial charge in [-0.15, -0.1) is 0 Å². The number of esters is 1. The summed E-state index contributed by atoms with van der Waals surface area (Å²) in [5, 5.41) is 2.76. The molecule has 0 fully saturated rings. The third-order valence-electron chi connectivity index (χ3n) is 3.86. The van der Waals surface area contributed by atoms with E-state index in [1.807, 2.05) is 67.6 Å². The molecule has 0 unspecified atom stereocenters. The van der Waals surface area contributed by atoms with Gasteiger partial charge < -0.3 is 14.8 Å². The predicted molar refractivity (Wildman–Crippen MR) is 95.2 cm³/mol. The molecule has 25 heavy (non-hydrogen) atoms. The van der Waals surface area contributed by atoms with Gasteiger partial charge in [-0.3, -0.25) is 4.79 Å². The highest BCUT2D eigenvalue weighted by Crippen LogP contribution is 2.28. The Labute approximate surface area is 148 Å². The molecule has 0 aliphatic rings. The number of amides is 1. The van der Waals surface area contributed by atoms with Crippen molar-refractivity contribution in [1.29, 1.82) is 0 Å². The molecule has 0 radical (unpaired) electrons. The lowest BCUT2D eigenvalue weighted by molar-refractivity contribution is -0.146. The molecule has 2 aromatic rings. The summed E-state index contributed by atoms with van der Waals surface area (Å²) in [6.45, 7) is 2.14. The Bertz CT molecular complexity index is 633. The lowest BCUT2D eigenvalue weighted by Crippen LogP contribution is -2.47. The summed E-state index contributed by atoms with van der Waals surface area (Å²) >= 11 is 0. The summed E-state index contributed by atoms with van der Waals surface area (Å²) in [5.41, 5.74) is 1.83. The lowest BCUT2D eigenvalue weighted by Gasteiger charge is -2.27. The monoisotopic (exact) mass is 341 g/mol. The van der Waals surface area contributed by atoms with Crippen LogP contribution in [0.15, 0.2) is 60.7 Å². The first-order valence-corrected chi connectivity index (χ1v) is 8.22. The van der Waals surface area contributed by atoms with Crippen LogP contribution in [0.25, 0.3) is 0 Å². The Morgan fingerprint density at radius 2 is 1.48 bits per heavy atom. The minimum absolute atomic E-state index is 0.0969. The summed E-state index contributed by atoms with van der Waals surface area (Å²) in [6.07, 6.45) is 0. The Morgan fingerprint density at radius 1 is 0.960 bits per heavy atom. The molecule has 0 saturated carbocycles. The molecule has 0 aromatic heterocycles.